The van der Waals surface area contributed by atoms with Gasteiger partial charge in [-0.15, -0.1) is 0 Å². The van der Waals surface area contributed by atoms with E-state index in [0.29, 0.717) is 6.61 Å². The number of piperidine rings is 1. The van der Waals surface area contributed by atoms with Crippen LogP contribution >= 0.6 is 0 Å². The highest BCUT2D eigenvalue weighted by Crippen LogP contribution is 2.11. The average molecular weight is 457 g/mol. The summed E-state index contributed by atoms with van der Waals surface area (Å²) in [6.45, 7) is 4.16. The topological polar surface area (TPSA) is 268 Å². The van der Waals surface area contributed by atoms with Gasteiger partial charge in [0.05, 0.1) is 12.5 Å². The van der Waals surface area contributed by atoms with Crippen LogP contribution in [0.5, 0.6) is 0 Å². The lowest BCUT2D eigenvalue weighted by Crippen LogP contribution is -2.39. The predicted octanol–water partition coefficient (Wildman–Crippen LogP) is -3.70. The van der Waals surface area contributed by atoms with Crippen molar-refractivity contribution in [1.29, 1.82) is 0 Å². The fraction of sp³-hybridized carbons (Fsp3) is 0.688. The van der Waals surface area contributed by atoms with Gasteiger partial charge in [-0.1, -0.05) is 0 Å². The van der Waals surface area contributed by atoms with E-state index in [2.05, 4.69) is 5.32 Å². The maximum absolute atomic E-state index is 11.1. The molecule has 1 aliphatic rings. The number of aliphatic hydroxyl groups excluding tert-OH is 4. The lowest BCUT2D eigenvalue weighted by Gasteiger charge is -2.20. The monoisotopic (exact) mass is 457 g/mol. The minimum absolute atomic E-state index is 0.0419. The third-order valence-corrected chi connectivity index (χ3v) is 3.53. The smallest absolute Gasteiger partial charge is 0.335 e. The van der Waals surface area contributed by atoms with Crippen LogP contribution in [0.25, 0.3) is 0 Å². The second-order valence-electron chi connectivity index (χ2n) is 5.93. The highest BCUT2D eigenvalue weighted by Gasteiger charge is 2.30. The molecule has 15 nitrogen and oxygen atoms in total. The van der Waals surface area contributed by atoms with Crippen LogP contribution in [0.2, 0.25) is 0 Å². The maximum atomic E-state index is 11.1. The number of ether oxygens (including phenoxy) is 1. The van der Waals surface area contributed by atoms with Gasteiger partial charge in [0.15, 0.2) is 24.4 Å². The third-order valence-electron chi connectivity index (χ3n) is 3.53. The first-order valence-corrected chi connectivity index (χ1v) is 8.78. The van der Waals surface area contributed by atoms with Crippen LogP contribution in [0.3, 0.4) is 0 Å². The number of carboxylic acids is 4. The molecule has 0 amide bonds. The molecular weight excluding hydrogens is 430 g/mol. The van der Waals surface area contributed by atoms with Gasteiger partial charge in [0, 0.05) is 6.54 Å². The minimum atomic E-state index is -2.27. The molecule has 0 radical (unpaired) electrons. The zero-order valence-electron chi connectivity index (χ0n) is 16.4. The number of aliphatic carboxylic acids is 4. The quantitative estimate of drug-likeness (QED) is 0.159. The molecule has 1 heterocycles. The highest BCUT2D eigenvalue weighted by molar-refractivity contribution is 5.83. The molecule has 9 N–H and O–H groups in total. The number of hydrogen-bond donors (Lipinski definition) is 9. The number of carbonyl (C=O) groups excluding carboxylic acids is 1. The van der Waals surface area contributed by atoms with Crippen molar-refractivity contribution < 1.29 is 69.6 Å². The number of esters is 1. The summed E-state index contributed by atoms with van der Waals surface area (Å²) in [6, 6.07) is 0. The number of aliphatic hydroxyl groups is 4. The fourth-order valence-electron chi connectivity index (χ4n) is 1.85. The van der Waals surface area contributed by atoms with E-state index in [1.807, 2.05) is 6.92 Å². The summed E-state index contributed by atoms with van der Waals surface area (Å²) in [7, 11) is 0. The van der Waals surface area contributed by atoms with Crippen LogP contribution in [0.1, 0.15) is 19.8 Å². The molecule has 0 saturated carbocycles. The molecule has 31 heavy (non-hydrogen) atoms. The third kappa shape index (κ3) is 13.1. The van der Waals surface area contributed by atoms with Crippen LogP contribution in [0.4, 0.5) is 0 Å². The van der Waals surface area contributed by atoms with Gasteiger partial charge in [0.25, 0.3) is 0 Å². The van der Waals surface area contributed by atoms with E-state index in [1.165, 1.54) is 0 Å². The number of rotatable bonds is 8. The van der Waals surface area contributed by atoms with E-state index in [1.54, 1.807) is 0 Å². The molecule has 0 aromatic rings. The average Bonchev–Trinajstić information content (AvgIpc) is 2.72. The molecule has 5 atom stereocenters. The van der Waals surface area contributed by atoms with E-state index < -0.39 is 48.3 Å². The normalized spacial score (nSPS) is 18.9. The van der Waals surface area contributed by atoms with Gasteiger partial charge in [0.2, 0.25) is 0 Å². The van der Waals surface area contributed by atoms with Gasteiger partial charge in [-0.3, -0.25) is 4.79 Å². The Morgan fingerprint density at radius 1 is 0.806 bits per heavy atom. The molecule has 0 aromatic heterocycles. The number of nitrogens with one attached hydrogen (secondary N) is 1. The fourth-order valence-corrected chi connectivity index (χ4v) is 1.85. The van der Waals surface area contributed by atoms with Gasteiger partial charge in [-0.2, -0.15) is 0 Å². The number of carbonyl (C=O) groups is 5. The van der Waals surface area contributed by atoms with Crippen molar-refractivity contribution in [2.24, 2.45) is 5.92 Å². The molecule has 1 rings (SSSR count). The summed E-state index contributed by atoms with van der Waals surface area (Å²) < 4.78 is 4.90. The SMILES string of the molecule is CCOC(=O)[C@@H]1CCCNC1.O=C(O)C(O)C(O)C(=O)O.O=C(O)[C@H](O)[C@@H](O)C(=O)O. The molecule has 0 aromatic carbocycles. The standard InChI is InChI=1S/C8H15NO2.2C4H6O6/c1-2-11-8(10)7-4-3-5-9-6-7;2*5-1(3(7)8)2(6)4(9)10/h7,9H,2-6H2,1H3;2*1-2,5-6H,(H,7,8)(H,9,10)/t7-;1-,2-;/m11./s1. The van der Waals surface area contributed by atoms with Crippen LogP contribution in [-0.2, 0) is 28.7 Å². The minimum Gasteiger partial charge on any atom is -0.479 e. The zero-order valence-corrected chi connectivity index (χ0v) is 16.4. The summed E-state index contributed by atoms with van der Waals surface area (Å²) in [6.07, 6.45) is -7.00. The Labute approximate surface area is 175 Å². The molecule has 1 fully saturated rings. The summed E-state index contributed by atoms with van der Waals surface area (Å²) in [5, 5.41) is 68.2. The van der Waals surface area contributed by atoms with Crippen LogP contribution in [-0.4, -0.2) is 115 Å². The van der Waals surface area contributed by atoms with Crippen LogP contribution in [0.15, 0.2) is 0 Å². The molecule has 15 heteroatoms. The van der Waals surface area contributed by atoms with Gasteiger partial charge < -0.3 is 50.9 Å². The Bertz CT molecular complexity index is 531. The van der Waals surface area contributed by atoms with E-state index >= 15 is 0 Å². The maximum Gasteiger partial charge on any atom is 0.335 e. The van der Waals surface area contributed by atoms with Crippen molar-refractivity contribution >= 4 is 29.8 Å². The first kappa shape index (κ1) is 30.3. The Morgan fingerprint density at radius 3 is 1.39 bits per heavy atom. The molecule has 2 unspecified atom stereocenters. The van der Waals surface area contributed by atoms with Crippen molar-refractivity contribution in [2.45, 2.75) is 44.2 Å². The van der Waals surface area contributed by atoms with Gasteiger partial charge in [-0.05, 0) is 26.3 Å². The van der Waals surface area contributed by atoms with Gasteiger partial charge in [-0.25, -0.2) is 19.2 Å². The van der Waals surface area contributed by atoms with E-state index in [9.17, 15) is 24.0 Å². The number of carboxylic acid groups (broad SMARTS) is 4. The van der Waals surface area contributed by atoms with E-state index in [4.69, 9.17) is 45.6 Å². The molecular formula is C16H27NO14. The first-order chi connectivity index (χ1) is 14.3. The van der Waals surface area contributed by atoms with Crippen molar-refractivity contribution in [2.75, 3.05) is 19.7 Å². The largest absolute Gasteiger partial charge is 0.479 e. The zero-order chi connectivity index (χ0) is 24.7. The summed E-state index contributed by atoms with van der Waals surface area (Å²) >= 11 is 0. The summed E-state index contributed by atoms with van der Waals surface area (Å²) in [5.74, 6) is -7.02. The Hall–Kier alpha value is -2.85. The van der Waals surface area contributed by atoms with Crippen molar-refractivity contribution in [3.05, 3.63) is 0 Å². The molecule has 0 aliphatic carbocycles. The Morgan fingerprint density at radius 2 is 1.16 bits per heavy atom. The summed E-state index contributed by atoms with van der Waals surface area (Å²) in [4.78, 5) is 50.2. The Kier molecular flexibility index (Phi) is 15.6. The second kappa shape index (κ2) is 15.9. The van der Waals surface area contributed by atoms with Gasteiger partial charge in [0.1, 0.15) is 0 Å². The molecule has 0 spiro atoms. The molecule has 1 aliphatic heterocycles. The Balaban J connectivity index is 0. The number of hydrogen-bond acceptors (Lipinski definition) is 11. The van der Waals surface area contributed by atoms with Gasteiger partial charge >= 0.3 is 29.8 Å². The lowest BCUT2D eigenvalue weighted by molar-refractivity contribution is -0.165. The van der Waals surface area contributed by atoms with Crippen LogP contribution in [0, 0.1) is 5.92 Å². The summed E-state index contributed by atoms with van der Waals surface area (Å²) in [5.41, 5.74) is 0. The van der Waals surface area contributed by atoms with Crippen LogP contribution < -0.4 is 5.32 Å². The lowest BCUT2D eigenvalue weighted by atomic mass is 10.0. The van der Waals surface area contributed by atoms with Crippen molar-refractivity contribution in [1.82, 2.24) is 5.32 Å². The molecule has 0 bridgehead atoms. The predicted molar refractivity (Wildman–Crippen MR) is 96.8 cm³/mol. The van der Waals surface area contributed by atoms with E-state index in [0.717, 1.165) is 25.9 Å². The van der Waals surface area contributed by atoms with Crippen molar-refractivity contribution in [3.8, 4) is 0 Å². The highest BCUT2D eigenvalue weighted by atomic mass is 16.5. The molecule has 180 valence electrons. The van der Waals surface area contributed by atoms with Crippen molar-refractivity contribution in [3.63, 3.8) is 0 Å². The first-order valence-electron chi connectivity index (χ1n) is 8.78. The van der Waals surface area contributed by atoms with E-state index in [-0.39, 0.29) is 11.9 Å². The molecule has 1 saturated heterocycles. The second-order valence-corrected chi connectivity index (χ2v) is 5.93.